The molecule has 0 spiro atoms. The van der Waals surface area contributed by atoms with Crippen LogP contribution in [-0.2, 0) is 10.0 Å². The molecule has 0 radical (unpaired) electrons. The van der Waals surface area contributed by atoms with Gasteiger partial charge in [0.1, 0.15) is 12.4 Å². The third-order valence-corrected chi connectivity index (χ3v) is 7.02. The molecule has 40 heavy (non-hydrogen) atoms. The number of sulfonamides is 1. The van der Waals surface area contributed by atoms with E-state index in [0.717, 1.165) is 0 Å². The maximum atomic E-state index is 13.5. The van der Waals surface area contributed by atoms with Crippen molar-refractivity contribution in [3.05, 3.63) is 66.7 Å². The van der Waals surface area contributed by atoms with Gasteiger partial charge in [-0.2, -0.15) is 4.98 Å². The van der Waals surface area contributed by atoms with Crippen LogP contribution in [0.15, 0.2) is 71.6 Å². The van der Waals surface area contributed by atoms with Gasteiger partial charge in [0.25, 0.3) is 15.9 Å². The SMILES string of the molecule is COc1ccc(-c2nc(NS(=O)(=O)c3ccc4c(c3)OCO4)c(Oc3ccccc3OC)c(OCCO)n2)cc1. The fraction of sp³-hybridized carbons (Fsp3) is 0.185. The molecule has 0 fully saturated rings. The molecule has 0 saturated carbocycles. The number of methoxy groups -OCH3 is 2. The van der Waals surface area contributed by atoms with Crippen LogP contribution in [0.25, 0.3) is 11.4 Å². The summed E-state index contributed by atoms with van der Waals surface area (Å²) in [7, 11) is -1.21. The summed E-state index contributed by atoms with van der Waals surface area (Å²) in [6, 6.07) is 17.8. The van der Waals surface area contributed by atoms with E-state index in [2.05, 4.69) is 14.7 Å². The Morgan fingerprint density at radius 2 is 1.68 bits per heavy atom. The van der Waals surface area contributed by atoms with Crippen molar-refractivity contribution in [2.45, 2.75) is 4.90 Å². The lowest BCUT2D eigenvalue weighted by molar-refractivity contribution is 0.174. The third kappa shape index (κ3) is 5.65. The van der Waals surface area contributed by atoms with E-state index in [1.807, 2.05) is 0 Å². The number of ether oxygens (including phenoxy) is 6. The van der Waals surface area contributed by atoms with Crippen LogP contribution < -0.4 is 33.1 Å². The van der Waals surface area contributed by atoms with Gasteiger partial charge in [-0.3, -0.25) is 4.72 Å². The standard InChI is InChI=1S/C27H25N3O9S/c1-34-18-9-7-17(8-10-18)25-28-26(30-40(32,33)19-11-12-21-23(15-19)38-16-37-21)24(27(29-25)36-14-13-31)39-22-6-4-3-5-20(22)35-2/h3-12,15,31H,13-14,16H2,1-2H3,(H,28,29,30). The van der Waals surface area contributed by atoms with E-state index in [1.165, 1.54) is 25.3 Å². The van der Waals surface area contributed by atoms with Crippen molar-refractivity contribution < 1.29 is 41.9 Å². The molecule has 2 heterocycles. The van der Waals surface area contributed by atoms with E-state index in [1.54, 1.807) is 55.6 Å². The second-order valence-corrected chi connectivity index (χ2v) is 9.89. The van der Waals surface area contributed by atoms with Gasteiger partial charge in [0.2, 0.25) is 12.5 Å². The molecule has 1 aliphatic heterocycles. The molecule has 4 aromatic rings. The molecule has 5 rings (SSSR count). The predicted molar refractivity (Wildman–Crippen MR) is 143 cm³/mol. The number of anilines is 1. The van der Waals surface area contributed by atoms with Gasteiger partial charge < -0.3 is 33.5 Å². The molecule has 1 aliphatic rings. The number of aliphatic hydroxyl groups is 1. The van der Waals surface area contributed by atoms with Gasteiger partial charge >= 0.3 is 0 Å². The van der Waals surface area contributed by atoms with Crippen LogP contribution in [0.4, 0.5) is 5.82 Å². The normalized spacial score (nSPS) is 12.1. The Morgan fingerprint density at radius 3 is 2.40 bits per heavy atom. The van der Waals surface area contributed by atoms with Gasteiger partial charge in [0.05, 0.1) is 25.7 Å². The van der Waals surface area contributed by atoms with Gasteiger partial charge in [-0.25, -0.2) is 13.4 Å². The van der Waals surface area contributed by atoms with Crippen LogP contribution >= 0.6 is 0 Å². The summed E-state index contributed by atoms with van der Waals surface area (Å²) in [5.41, 5.74) is 0.544. The first-order valence-corrected chi connectivity index (χ1v) is 13.4. The number of hydrogen-bond donors (Lipinski definition) is 2. The van der Waals surface area contributed by atoms with Gasteiger partial charge in [0.15, 0.2) is 34.6 Å². The Kier molecular flexibility index (Phi) is 7.75. The van der Waals surface area contributed by atoms with Crippen LogP contribution in [0, 0.1) is 0 Å². The van der Waals surface area contributed by atoms with Crippen molar-refractivity contribution in [1.29, 1.82) is 0 Å². The number of benzene rings is 3. The quantitative estimate of drug-likeness (QED) is 0.272. The van der Waals surface area contributed by atoms with Crippen molar-refractivity contribution >= 4 is 15.8 Å². The highest BCUT2D eigenvalue weighted by Crippen LogP contribution is 2.42. The van der Waals surface area contributed by atoms with Crippen molar-refractivity contribution in [3.63, 3.8) is 0 Å². The van der Waals surface area contributed by atoms with Crippen LogP contribution in [-0.4, -0.2) is 57.7 Å². The summed E-state index contributed by atoms with van der Waals surface area (Å²) >= 11 is 0. The minimum Gasteiger partial charge on any atom is -0.497 e. The number of rotatable bonds is 11. The fourth-order valence-electron chi connectivity index (χ4n) is 3.74. The average Bonchev–Trinajstić information content (AvgIpc) is 3.45. The number of fused-ring (bicyclic) bond motifs is 1. The van der Waals surface area contributed by atoms with Crippen LogP contribution in [0.1, 0.15) is 0 Å². The zero-order valence-electron chi connectivity index (χ0n) is 21.5. The van der Waals surface area contributed by atoms with E-state index in [9.17, 15) is 13.5 Å². The molecule has 12 nitrogen and oxygen atoms in total. The molecule has 0 amide bonds. The maximum Gasteiger partial charge on any atom is 0.263 e. The molecule has 1 aromatic heterocycles. The maximum absolute atomic E-state index is 13.5. The van der Waals surface area contributed by atoms with E-state index < -0.39 is 10.0 Å². The highest BCUT2D eigenvalue weighted by Gasteiger charge is 2.27. The molecule has 208 valence electrons. The number of para-hydroxylation sites is 2. The van der Waals surface area contributed by atoms with Crippen LogP contribution in [0.3, 0.4) is 0 Å². The largest absolute Gasteiger partial charge is 0.497 e. The van der Waals surface area contributed by atoms with Crippen molar-refractivity contribution in [2.75, 3.05) is 38.9 Å². The second-order valence-electron chi connectivity index (χ2n) is 8.20. The Balaban J connectivity index is 1.64. The first-order chi connectivity index (χ1) is 19.4. The molecule has 13 heteroatoms. The molecule has 2 N–H and O–H groups in total. The number of nitrogens with one attached hydrogen (secondary N) is 1. The Hall–Kier alpha value is -4.75. The molecule has 0 unspecified atom stereocenters. The fourth-order valence-corrected chi connectivity index (χ4v) is 4.76. The summed E-state index contributed by atoms with van der Waals surface area (Å²) < 4.78 is 62.6. The minimum absolute atomic E-state index is 0.00809. The number of nitrogens with zero attached hydrogens (tertiary/aromatic N) is 2. The lowest BCUT2D eigenvalue weighted by atomic mass is 10.2. The van der Waals surface area contributed by atoms with E-state index in [4.69, 9.17) is 28.4 Å². The summed E-state index contributed by atoms with van der Waals surface area (Å²) in [4.78, 5) is 8.88. The van der Waals surface area contributed by atoms with Crippen LogP contribution in [0.5, 0.6) is 40.4 Å². The van der Waals surface area contributed by atoms with E-state index in [-0.39, 0.29) is 53.9 Å². The van der Waals surface area contributed by atoms with E-state index in [0.29, 0.717) is 28.6 Å². The topological polar surface area (TPSA) is 148 Å². The highest BCUT2D eigenvalue weighted by molar-refractivity contribution is 7.92. The first kappa shape index (κ1) is 26.8. The molecular formula is C27H25N3O9S. The number of aliphatic hydroxyl groups excluding tert-OH is 1. The van der Waals surface area contributed by atoms with Gasteiger partial charge in [0, 0.05) is 11.6 Å². The van der Waals surface area contributed by atoms with Gasteiger partial charge in [-0.05, 0) is 48.5 Å². The zero-order chi connectivity index (χ0) is 28.1. The molecular weight excluding hydrogens is 542 g/mol. The Labute approximate surface area is 230 Å². The van der Waals surface area contributed by atoms with Crippen molar-refractivity contribution in [1.82, 2.24) is 9.97 Å². The smallest absolute Gasteiger partial charge is 0.263 e. The molecule has 0 saturated heterocycles. The summed E-state index contributed by atoms with van der Waals surface area (Å²) in [6.07, 6.45) is 0. The van der Waals surface area contributed by atoms with Crippen molar-refractivity contribution in [2.24, 2.45) is 0 Å². The zero-order valence-corrected chi connectivity index (χ0v) is 22.3. The molecule has 0 aliphatic carbocycles. The molecule has 0 bridgehead atoms. The number of hydrogen-bond acceptors (Lipinski definition) is 11. The van der Waals surface area contributed by atoms with E-state index >= 15 is 0 Å². The lowest BCUT2D eigenvalue weighted by Gasteiger charge is -2.18. The Morgan fingerprint density at radius 1 is 0.925 bits per heavy atom. The summed E-state index contributed by atoms with van der Waals surface area (Å²) in [6.45, 7) is -0.476. The highest BCUT2D eigenvalue weighted by atomic mass is 32.2. The second kappa shape index (κ2) is 11.6. The van der Waals surface area contributed by atoms with Gasteiger partial charge in [-0.15, -0.1) is 0 Å². The number of aromatic nitrogens is 2. The monoisotopic (exact) mass is 567 g/mol. The first-order valence-electron chi connectivity index (χ1n) is 12.0. The molecule has 3 aromatic carbocycles. The van der Waals surface area contributed by atoms with Gasteiger partial charge in [-0.1, -0.05) is 12.1 Å². The van der Waals surface area contributed by atoms with Crippen molar-refractivity contribution in [3.8, 4) is 51.8 Å². The predicted octanol–water partition coefficient (Wildman–Crippen LogP) is 3.85. The lowest BCUT2D eigenvalue weighted by Crippen LogP contribution is -2.16. The minimum atomic E-state index is -4.22. The van der Waals surface area contributed by atoms with Crippen LogP contribution in [0.2, 0.25) is 0 Å². The average molecular weight is 568 g/mol. The summed E-state index contributed by atoms with van der Waals surface area (Å²) in [5, 5.41) is 9.44. The summed E-state index contributed by atoms with van der Waals surface area (Å²) in [5.74, 6) is 1.64. The Bertz CT molecular complexity index is 1610. The molecule has 0 atom stereocenters. The third-order valence-electron chi connectivity index (χ3n) is 5.68.